The fourth-order valence-electron chi connectivity index (χ4n) is 3.61. The molecule has 2 aliphatic carbocycles. The average molecular weight is 321 g/mol. The van der Waals surface area contributed by atoms with E-state index in [0.29, 0.717) is 6.04 Å². The maximum Gasteiger partial charge on any atom is 0.137 e. The summed E-state index contributed by atoms with van der Waals surface area (Å²) in [6.45, 7) is 0. The summed E-state index contributed by atoms with van der Waals surface area (Å²) < 4.78 is 22.0. The topological polar surface area (TPSA) is 41.5 Å². The first kappa shape index (κ1) is 16.0. The monoisotopic (exact) mass is 320 g/mol. The van der Waals surface area contributed by atoms with Crippen LogP contribution < -0.4 is 4.72 Å². The van der Waals surface area contributed by atoms with Crippen LogP contribution in [0.25, 0.3) is 0 Å². The minimum Gasteiger partial charge on any atom is -0.229 e. The molecule has 0 aliphatic heterocycles. The van der Waals surface area contributed by atoms with Gasteiger partial charge in [0.05, 0.1) is 10.9 Å². The van der Waals surface area contributed by atoms with Crippen LogP contribution >= 0.6 is 0 Å². The molecular weight excluding hydrogens is 292 g/mol. The summed E-state index contributed by atoms with van der Waals surface area (Å²) in [4.78, 5) is 0.853. The summed E-state index contributed by atoms with van der Waals surface area (Å²) in [5, 5.41) is 0. The van der Waals surface area contributed by atoms with Crippen LogP contribution in [-0.4, -0.2) is 16.3 Å². The van der Waals surface area contributed by atoms with E-state index in [4.69, 9.17) is 4.36 Å². The lowest BCUT2D eigenvalue weighted by Gasteiger charge is -2.27. The van der Waals surface area contributed by atoms with E-state index in [1.54, 1.807) is 0 Å². The molecule has 1 atom stereocenters. The fourth-order valence-corrected chi connectivity index (χ4v) is 5.77. The first-order valence-electron chi connectivity index (χ1n) is 8.85. The Kier molecular flexibility index (Phi) is 5.53. The van der Waals surface area contributed by atoms with E-state index < -0.39 is 9.92 Å². The third-order valence-electron chi connectivity index (χ3n) is 4.87. The smallest absolute Gasteiger partial charge is 0.137 e. The molecule has 4 heteroatoms. The van der Waals surface area contributed by atoms with Gasteiger partial charge >= 0.3 is 0 Å². The van der Waals surface area contributed by atoms with Gasteiger partial charge in [-0.1, -0.05) is 56.7 Å². The number of nitrogens with one attached hydrogen (secondary N) is 1. The highest BCUT2D eigenvalue weighted by molar-refractivity contribution is 7.91. The maximum absolute atomic E-state index is 13.6. The van der Waals surface area contributed by atoms with Gasteiger partial charge in [0.1, 0.15) is 9.92 Å². The molecule has 0 aromatic heterocycles. The second-order valence-electron chi connectivity index (χ2n) is 6.69. The number of hydrogen-bond acceptors (Lipinski definition) is 2. The number of rotatable bonds is 4. The van der Waals surface area contributed by atoms with Gasteiger partial charge in [-0.15, -0.1) is 0 Å². The summed E-state index contributed by atoms with van der Waals surface area (Å²) in [6.07, 6.45) is 12.0. The normalized spacial score (nSPS) is 23.8. The zero-order valence-electron chi connectivity index (χ0n) is 13.4. The van der Waals surface area contributed by atoms with Crippen LogP contribution in [0.3, 0.4) is 0 Å². The van der Waals surface area contributed by atoms with E-state index in [2.05, 4.69) is 4.72 Å². The van der Waals surface area contributed by atoms with Crippen LogP contribution in [0.1, 0.15) is 64.2 Å². The van der Waals surface area contributed by atoms with Crippen molar-refractivity contribution in [3.63, 3.8) is 0 Å². The third kappa shape index (κ3) is 4.11. The first-order valence-corrected chi connectivity index (χ1v) is 10.4. The van der Waals surface area contributed by atoms with Crippen molar-refractivity contribution in [2.24, 2.45) is 4.36 Å². The van der Waals surface area contributed by atoms with E-state index >= 15 is 0 Å². The van der Waals surface area contributed by atoms with Gasteiger partial charge in [-0.25, -0.2) is 13.3 Å². The maximum atomic E-state index is 13.6. The largest absolute Gasteiger partial charge is 0.229 e. The minimum atomic E-state index is -2.49. The molecule has 1 aromatic rings. The van der Waals surface area contributed by atoms with Gasteiger partial charge in [-0.05, 0) is 37.8 Å². The summed E-state index contributed by atoms with van der Waals surface area (Å²) in [5.74, 6) is 0. The summed E-state index contributed by atoms with van der Waals surface area (Å²) in [6, 6.07) is 10.5. The van der Waals surface area contributed by atoms with Gasteiger partial charge in [0, 0.05) is 6.04 Å². The van der Waals surface area contributed by atoms with E-state index in [1.807, 2.05) is 30.3 Å². The minimum absolute atomic E-state index is 0.262. The van der Waals surface area contributed by atoms with E-state index in [1.165, 1.54) is 38.5 Å². The molecule has 0 spiro atoms. The molecule has 3 nitrogen and oxygen atoms in total. The molecule has 1 aromatic carbocycles. The van der Waals surface area contributed by atoms with Crippen molar-refractivity contribution in [3.05, 3.63) is 30.3 Å². The zero-order chi connectivity index (χ0) is 15.3. The van der Waals surface area contributed by atoms with Crippen LogP contribution in [0, 0.1) is 0 Å². The van der Waals surface area contributed by atoms with Crippen LogP contribution in [0.2, 0.25) is 0 Å². The molecule has 2 fully saturated rings. The molecule has 2 saturated carbocycles. The Balaban J connectivity index is 1.87. The van der Waals surface area contributed by atoms with E-state index in [-0.39, 0.29) is 6.04 Å². The third-order valence-corrected chi connectivity index (χ3v) is 7.03. The number of benzene rings is 1. The number of nitrogens with zero attached hydrogens (tertiary/aromatic N) is 1. The predicted molar refractivity (Wildman–Crippen MR) is 92.2 cm³/mol. The highest BCUT2D eigenvalue weighted by Crippen LogP contribution is 2.25. The highest BCUT2D eigenvalue weighted by Gasteiger charge is 2.23. The van der Waals surface area contributed by atoms with Crippen LogP contribution in [-0.2, 0) is 9.92 Å². The quantitative estimate of drug-likeness (QED) is 0.859. The number of hydrogen-bond donors (Lipinski definition) is 1. The van der Waals surface area contributed by atoms with Gasteiger partial charge < -0.3 is 0 Å². The van der Waals surface area contributed by atoms with E-state index in [0.717, 1.165) is 30.6 Å². The van der Waals surface area contributed by atoms with Crippen LogP contribution in [0.5, 0.6) is 0 Å². The Hall–Kier alpha value is -0.870. The van der Waals surface area contributed by atoms with Gasteiger partial charge in [0.2, 0.25) is 0 Å². The Labute approximate surface area is 135 Å². The summed E-state index contributed by atoms with van der Waals surface area (Å²) >= 11 is 0. The molecule has 1 unspecified atom stereocenters. The molecule has 2 aliphatic rings. The Morgan fingerprint density at radius 3 is 2.09 bits per heavy atom. The molecule has 0 heterocycles. The lowest BCUT2D eigenvalue weighted by Crippen LogP contribution is -2.37. The summed E-state index contributed by atoms with van der Waals surface area (Å²) in [5.41, 5.74) is 0. The Morgan fingerprint density at radius 2 is 1.45 bits per heavy atom. The molecule has 122 valence electrons. The van der Waals surface area contributed by atoms with Crippen molar-refractivity contribution < 1.29 is 4.21 Å². The van der Waals surface area contributed by atoms with Crippen LogP contribution in [0.15, 0.2) is 39.6 Å². The van der Waals surface area contributed by atoms with Crippen molar-refractivity contribution in [1.82, 2.24) is 4.72 Å². The lowest BCUT2D eigenvalue weighted by atomic mass is 9.96. The van der Waals surface area contributed by atoms with Crippen molar-refractivity contribution in [2.75, 3.05) is 0 Å². The lowest BCUT2D eigenvalue weighted by molar-refractivity contribution is 0.414. The second kappa shape index (κ2) is 7.60. The van der Waals surface area contributed by atoms with Crippen molar-refractivity contribution in [3.8, 4) is 0 Å². The second-order valence-corrected chi connectivity index (χ2v) is 8.66. The van der Waals surface area contributed by atoms with Gasteiger partial charge in [-0.2, -0.15) is 0 Å². The Morgan fingerprint density at radius 1 is 0.864 bits per heavy atom. The van der Waals surface area contributed by atoms with Crippen LogP contribution in [0.4, 0.5) is 0 Å². The highest BCUT2D eigenvalue weighted by atomic mass is 32.2. The van der Waals surface area contributed by atoms with Crippen molar-refractivity contribution in [2.45, 2.75) is 81.2 Å². The standard InChI is InChI=1S/C18H28N2OS/c21-22(18-14-8-3-9-15-18,19-16-10-4-1-5-11-16)20-17-12-6-2-7-13-17/h3,8-9,14-17H,1-2,4-7,10-13H2,(H,19,20,21). The molecular formula is C18H28N2OS. The van der Waals surface area contributed by atoms with Gasteiger partial charge in [-0.3, -0.25) is 0 Å². The Bertz CT molecular complexity index is 566. The first-order chi connectivity index (χ1) is 10.8. The van der Waals surface area contributed by atoms with Crippen molar-refractivity contribution in [1.29, 1.82) is 0 Å². The SMILES string of the molecule is O=S(=NC1CCCCC1)(NC1CCCCC1)c1ccccc1. The fraction of sp³-hybridized carbons (Fsp3) is 0.667. The predicted octanol–water partition coefficient (Wildman–Crippen LogP) is 4.68. The molecule has 3 rings (SSSR count). The van der Waals surface area contributed by atoms with Crippen molar-refractivity contribution >= 4 is 9.92 Å². The zero-order valence-corrected chi connectivity index (χ0v) is 14.2. The van der Waals surface area contributed by atoms with Gasteiger partial charge in [0.25, 0.3) is 0 Å². The average Bonchev–Trinajstić information content (AvgIpc) is 2.57. The van der Waals surface area contributed by atoms with Gasteiger partial charge in [0.15, 0.2) is 0 Å². The van der Waals surface area contributed by atoms with E-state index in [9.17, 15) is 4.21 Å². The molecule has 1 N–H and O–H groups in total. The summed E-state index contributed by atoms with van der Waals surface area (Å²) in [7, 11) is -2.49. The molecule has 0 radical (unpaired) electrons. The molecule has 22 heavy (non-hydrogen) atoms. The molecule has 0 amide bonds. The molecule has 0 bridgehead atoms. The molecule has 0 saturated heterocycles.